The number of amides is 3. The molecule has 5 heteroatoms. The van der Waals surface area contributed by atoms with Crippen molar-refractivity contribution in [3.05, 3.63) is 0 Å². The number of nitrogens with zero attached hydrogens (tertiary/aromatic N) is 1. The molecule has 0 bridgehead atoms. The summed E-state index contributed by atoms with van der Waals surface area (Å²) in [5, 5.41) is 10.6. The van der Waals surface area contributed by atoms with Gasteiger partial charge in [-0.3, -0.25) is 10.1 Å². The minimum Gasteiger partial charge on any atom is -0.396 e. The number of nitrogens with one attached hydrogen (secondary N) is 1. The molecule has 0 spiro atoms. The van der Waals surface area contributed by atoms with Crippen LogP contribution < -0.4 is 5.32 Å². The van der Waals surface area contributed by atoms with E-state index in [1.165, 1.54) is 4.90 Å². The maximum atomic E-state index is 10.8. The van der Waals surface area contributed by atoms with Crippen molar-refractivity contribution in [2.75, 3.05) is 19.7 Å². The summed E-state index contributed by atoms with van der Waals surface area (Å²) in [5.74, 6) is -0.270. The molecule has 62 valence electrons. The van der Waals surface area contributed by atoms with E-state index in [0.717, 1.165) is 0 Å². The Balaban J connectivity index is 2.34. The largest absolute Gasteiger partial charge is 0.396 e. The first-order valence-corrected chi connectivity index (χ1v) is 3.43. The number of carbonyl (C=O) groups excluding carboxylic acids is 2. The molecular weight excluding hydrogens is 148 g/mol. The lowest BCUT2D eigenvalue weighted by Gasteiger charge is -2.10. The number of imide groups is 1. The third-order valence-corrected chi connectivity index (χ3v) is 1.45. The number of aliphatic hydroxyl groups is 1. The molecule has 2 N–H and O–H groups in total. The van der Waals surface area contributed by atoms with Gasteiger partial charge in [0.25, 0.3) is 0 Å². The third-order valence-electron chi connectivity index (χ3n) is 1.45. The van der Waals surface area contributed by atoms with Gasteiger partial charge in [0.05, 0.1) is 0 Å². The van der Waals surface area contributed by atoms with E-state index in [1.54, 1.807) is 0 Å². The third kappa shape index (κ3) is 1.91. The molecule has 0 radical (unpaired) electrons. The molecule has 11 heavy (non-hydrogen) atoms. The molecule has 0 aliphatic carbocycles. The number of aliphatic hydroxyl groups excluding tert-OH is 1. The highest BCUT2D eigenvalue weighted by molar-refractivity contribution is 6.01. The smallest absolute Gasteiger partial charge is 0.324 e. The van der Waals surface area contributed by atoms with Crippen molar-refractivity contribution >= 4 is 11.9 Å². The summed E-state index contributed by atoms with van der Waals surface area (Å²) < 4.78 is 0. The summed E-state index contributed by atoms with van der Waals surface area (Å²) in [6.45, 7) is 0.602. The molecule has 1 aliphatic heterocycles. The minimum absolute atomic E-state index is 0.0397. The molecule has 1 heterocycles. The maximum absolute atomic E-state index is 10.8. The average molecular weight is 158 g/mol. The Bertz CT molecular complexity index is 181. The Morgan fingerprint density at radius 3 is 2.73 bits per heavy atom. The van der Waals surface area contributed by atoms with E-state index in [2.05, 4.69) is 5.32 Å². The summed E-state index contributed by atoms with van der Waals surface area (Å²) in [5.41, 5.74) is 0. The zero-order valence-corrected chi connectivity index (χ0v) is 6.04. The van der Waals surface area contributed by atoms with Gasteiger partial charge in [0.15, 0.2) is 0 Å². The predicted molar refractivity (Wildman–Crippen MR) is 36.8 cm³/mol. The van der Waals surface area contributed by atoms with Crippen molar-refractivity contribution in [2.24, 2.45) is 0 Å². The SMILES string of the molecule is O=C1CN(CCCO)C(=O)N1. The maximum Gasteiger partial charge on any atom is 0.324 e. The lowest BCUT2D eigenvalue weighted by atomic mass is 10.4. The molecule has 0 atom stereocenters. The van der Waals surface area contributed by atoms with Gasteiger partial charge in [0, 0.05) is 13.2 Å². The molecule has 1 saturated heterocycles. The van der Waals surface area contributed by atoms with Crippen LogP contribution in [0.15, 0.2) is 0 Å². The Morgan fingerprint density at radius 1 is 1.55 bits per heavy atom. The second-order valence-electron chi connectivity index (χ2n) is 2.35. The quantitative estimate of drug-likeness (QED) is 0.513. The molecule has 1 fully saturated rings. The summed E-state index contributed by atoms with van der Waals surface area (Å²) in [6, 6.07) is -0.358. The monoisotopic (exact) mass is 158 g/mol. The van der Waals surface area contributed by atoms with Crippen molar-refractivity contribution in [2.45, 2.75) is 6.42 Å². The van der Waals surface area contributed by atoms with Crippen LogP contribution in [0, 0.1) is 0 Å². The minimum atomic E-state index is -0.358. The molecule has 0 aromatic heterocycles. The van der Waals surface area contributed by atoms with Crippen LogP contribution in [0.4, 0.5) is 4.79 Å². The highest BCUT2D eigenvalue weighted by atomic mass is 16.3. The van der Waals surface area contributed by atoms with E-state index in [1.807, 2.05) is 0 Å². The summed E-state index contributed by atoms with van der Waals surface area (Å²) in [7, 11) is 0. The number of rotatable bonds is 3. The normalized spacial score (nSPS) is 17.4. The molecule has 5 nitrogen and oxygen atoms in total. The Labute approximate surface area is 64.0 Å². The van der Waals surface area contributed by atoms with E-state index < -0.39 is 0 Å². The first kappa shape index (κ1) is 8.00. The van der Waals surface area contributed by atoms with Crippen molar-refractivity contribution < 1.29 is 14.7 Å². The van der Waals surface area contributed by atoms with Crippen LogP contribution in [-0.4, -0.2) is 41.6 Å². The number of carbonyl (C=O) groups is 2. The standard InChI is InChI=1S/C6H10N2O3/c9-3-1-2-8-4-5(10)7-6(8)11/h9H,1-4H2,(H,7,10,11). The van der Waals surface area contributed by atoms with Crippen LogP contribution in [0.3, 0.4) is 0 Å². The lowest BCUT2D eigenvalue weighted by molar-refractivity contribution is -0.118. The molecule has 1 rings (SSSR count). The fourth-order valence-electron chi connectivity index (χ4n) is 0.925. The van der Waals surface area contributed by atoms with Crippen molar-refractivity contribution in [3.63, 3.8) is 0 Å². The van der Waals surface area contributed by atoms with Crippen LogP contribution in [0.5, 0.6) is 0 Å². The van der Waals surface area contributed by atoms with Gasteiger partial charge < -0.3 is 10.0 Å². The molecule has 1 aliphatic rings. The highest BCUT2D eigenvalue weighted by Gasteiger charge is 2.25. The van der Waals surface area contributed by atoms with Crippen molar-refractivity contribution in [1.29, 1.82) is 0 Å². The highest BCUT2D eigenvalue weighted by Crippen LogP contribution is 1.98. The van der Waals surface area contributed by atoms with Gasteiger partial charge >= 0.3 is 6.03 Å². The van der Waals surface area contributed by atoms with Gasteiger partial charge in [-0.2, -0.15) is 0 Å². The zero-order valence-electron chi connectivity index (χ0n) is 6.04. The molecular formula is C6H10N2O3. The van der Waals surface area contributed by atoms with Crippen LogP contribution >= 0.6 is 0 Å². The van der Waals surface area contributed by atoms with Gasteiger partial charge in [-0.15, -0.1) is 0 Å². The molecule has 0 aromatic carbocycles. The summed E-state index contributed by atoms with van der Waals surface area (Å²) in [4.78, 5) is 22.8. The van der Waals surface area contributed by atoms with E-state index in [4.69, 9.17) is 5.11 Å². The van der Waals surface area contributed by atoms with Crippen molar-refractivity contribution in [3.8, 4) is 0 Å². The Hall–Kier alpha value is -1.10. The zero-order chi connectivity index (χ0) is 8.27. The fraction of sp³-hybridized carbons (Fsp3) is 0.667. The van der Waals surface area contributed by atoms with E-state index >= 15 is 0 Å². The second kappa shape index (κ2) is 3.34. The Morgan fingerprint density at radius 2 is 2.27 bits per heavy atom. The molecule has 0 saturated carbocycles. The van der Waals surface area contributed by atoms with Gasteiger partial charge in [-0.05, 0) is 6.42 Å². The summed E-state index contributed by atoms with van der Waals surface area (Å²) >= 11 is 0. The number of urea groups is 1. The van der Waals surface area contributed by atoms with E-state index in [-0.39, 0.29) is 25.1 Å². The molecule has 3 amide bonds. The van der Waals surface area contributed by atoms with Gasteiger partial charge in [-0.25, -0.2) is 4.79 Å². The van der Waals surface area contributed by atoms with Gasteiger partial charge in [0.2, 0.25) is 5.91 Å². The van der Waals surface area contributed by atoms with Gasteiger partial charge in [-0.1, -0.05) is 0 Å². The number of hydrogen-bond donors (Lipinski definition) is 2. The summed E-state index contributed by atoms with van der Waals surface area (Å²) in [6.07, 6.45) is 0.515. The number of hydrogen-bond acceptors (Lipinski definition) is 3. The topological polar surface area (TPSA) is 69.6 Å². The molecule has 0 aromatic rings. The second-order valence-corrected chi connectivity index (χ2v) is 2.35. The van der Waals surface area contributed by atoms with E-state index in [0.29, 0.717) is 13.0 Å². The van der Waals surface area contributed by atoms with E-state index in [9.17, 15) is 9.59 Å². The molecule has 0 unspecified atom stereocenters. The van der Waals surface area contributed by atoms with Crippen LogP contribution in [0.1, 0.15) is 6.42 Å². The van der Waals surface area contributed by atoms with Crippen LogP contribution in [0.25, 0.3) is 0 Å². The first-order chi connectivity index (χ1) is 5.24. The van der Waals surface area contributed by atoms with Crippen LogP contribution in [-0.2, 0) is 4.79 Å². The van der Waals surface area contributed by atoms with Gasteiger partial charge in [0.1, 0.15) is 6.54 Å². The van der Waals surface area contributed by atoms with Crippen molar-refractivity contribution in [1.82, 2.24) is 10.2 Å². The lowest BCUT2D eigenvalue weighted by Crippen LogP contribution is -2.29. The first-order valence-electron chi connectivity index (χ1n) is 3.43. The average Bonchev–Trinajstić information content (AvgIpc) is 2.26. The predicted octanol–water partition coefficient (Wildman–Crippen LogP) is -1.08. The fourth-order valence-corrected chi connectivity index (χ4v) is 0.925. The Kier molecular flexibility index (Phi) is 2.43. The van der Waals surface area contributed by atoms with Crippen LogP contribution in [0.2, 0.25) is 0 Å².